The molecule has 10 heteroatoms. The SMILES string of the molecule is CCOC(=O)Cc1csc(SCC(=O)Nc2ccsc2C(=O)OC)n1. The van der Waals surface area contributed by atoms with Gasteiger partial charge in [0.05, 0.1) is 37.3 Å². The molecule has 0 aromatic carbocycles. The van der Waals surface area contributed by atoms with Crippen LogP contribution in [0, 0.1) is 0 Å². The molecule has 25 heavy (non-hydrogen) atoms. The Hall–Kier alpha value is -1.91. The van der Waals surface area contributed by atoms with Crippen LogP contribution in [0.2, 0.25) is 0 Å². The van der Waals surface area contributed by atoms with Crippen molar-refractivity contribution in [2.75, 3.05) is 24.8 Å². The number of nitrogens with zero attached hydrogens (tertiary/aromatic N) is 1. The lowest BCUT2D eigenvalue weighted by Crippen LogP contribution is -2.15. The molecular formula is C15H16N2O5S3. The van der Waals surface area contributed by atoms with Crippen molar-refractivity contribution in [2.24, 2.45) is 0 Å². The molecule has 2 aromatic heterocycles. The second kappa shape index (κ2) is 9.54. The average Bonchev–Trinajstić information content (AvgIpc) is 3.22. The second-order valence-corrected chi connectivity index (χ2v) is 7.58. The minimum absolute atomic E-state index is 0.120. The van der Waals surface area contributed by atoms with E-state index in [9.17, 15) is 14.4 Å². The number of nitrogens with one attached hydrogen (secondary N) is 1. The molecule has 0 spiro atoms. The summed E-state index contributed by atoms with van der Waals surface area (Å²) in [7, 11) is 1.29. The topological polar surface area (TPSA) is 94.6 Å². The maximum atomic E-state index is 12.0. The van der Waals surface area contributed by atoms with E-state index < -0.39 is 5.97 Å². The number of thiophene rings is 1. The second-order valence-electron chi connectivity index (χ2n) is 4.58. The number of aromatic nitrogens is 1. The molecule has 0 saturated carbocycles. The number of esters is 2. The van der Waals surface area contributed by atoms with E-state index in [1.54, 1.807) is 23.8 Å². The van der Waals surface area contributed by atoms with Crippen LogP contribution in [0.5, 0.6) is 0 Å². The van der Waals surface area contributed by atoms with E-state index in [0.717, 1.165) is 0 Å². The monoisotopic (exact) mass is 400 g/mol. The van der Waals surface area contributed by atoms with Gasteiger partial charge in [-0.2, -0.15) is 0 Å². The standard InChI is InChI=1S/C15H16N2O5S3/c1-3-22-12(19)6-9-7-24-15(16-9)25-8-11(18)17-10-4-5-23-13(10)14(20)21-2/h4-5,7H,3,6,8H2,1-2H3,(H,17,18). The van der Waals surface area contributed by atoms with Gasteiger partial charge in [0.15, 0.2) is 4.34 Å². The maximum Gasteiger partial charge on any atom is 0.350 e. The van der Waals surface area contributed by atoms with Crippen molar-refractivity contribution < 1.29 is 23.9 Å². The Bertz CT molecular complexity index is 756. The zero-order chi connectivity index (χ0) is 18.2. The van der Waals surface area contributed by atoms with E-state index in [-0.39, 0.29) is 24.1 Å². The lowest BCUT2D eigenvalue weighted by molar-refractivity contribution is -0.142. The first-order valence-electron chi connectivity index (χ1n) is 7.22. The number of hydrogen-bond donors (Lipinski definition) is 1. The highest BCUT2D eigenvalue weighted by Crippen LogP contribution is 2.25. The first kappa shape index (κ1) is 19.4. The van der Waals surface area contributed by atoms with Crippen molar-refractivity contribution in [1.29, 1.82) is 0 Å². The molecule has 0 radical (unpaired) electrons. The molecule has 134 valence electrons. The van der Waals surface area contributed by atoms with Crippen LogP contribution in [0.15, 0.2) is 21.2 Å². The Balaban J connectivity index is 1.84. The number of rotatable bonds is 8. The summed E-state index contributed by atoms with van der Waals surface area (Å²) in [4.78, 5) is 39.7. The summed E-state index contributed by atoms with van der Waals surface area (Å²) in [5, 5.41) is 6.16. The highest BCUT2D eigenvalue weighted by Gasteiger charge is 2.16. The van der Waals surface area contributed by atoms with E-state index >= 15 is 0 Å². The number of thiazole rings is 1. The quantitative estimate of drug-likeness (QED) is 0.538. The number of anilines is 1. The predicted molar refractivity (Wildman–Crippen MR) is 97.5 cm³/mol. The van der Waals surface area contributed by atoms with Crippen LogP contribution in [0.3, 0.4) is 0 Å². The summed E-state index contributed by atoms with van der Waals surface area (Å²) in [6, 6.07) is 1.65. The molecular weight excluding hydrogens is 384 g/mol. The number of thioether (sulfide) groups is 1. The first-order valence-corrected chi connectivity index (χ1v) is 9.96. The van der Waals surface area contributed by atoms with Gasteiger partial charge in [0.1, 0.15) is 4.88 Å². The Kier molecular flexibility index (Phi) is 7.41. The number of carbonyl (C=O) groups excluding carboxylic acids is 3. The Labute approximate surface area is 156 Å². The molecule has 0 aliphatic carbocycles. The minimum atomic E-state index is -0.485. The summed E-state index contributed by atoms with van der Waals surface area (Å²) in [5.41, 5.74) is 1.06. The van der Waals surface area contributed by atoms with Gasteiger partial charge in [0, 0.05) is 5.38 Å². The van der Waals surface area contributed by atoms with Crippen molar-refractivity contribution >= 4 is 58.0 Å². The highest BCUT2D eigenvalue weighted by molar-refractivity contribution is 8.01. The fourth-order valence-corrected chi connectivity index (χ4v) is 4.18. The van der Waals surface area contributed by atoms with E-state index in [1.165, 1.54) is 41.5 Å². The van der Waals surface area contributed by atoms with Crippen molar-refractivity contribution in [2.45, 2.75) is 17.7 Å². The van der Waals surface area contributed by atoms with E-state index in [2.05, 4.69) is 15.0 Å². The van der Waals surface area contributed by atoms with E-state index in [1.807, 2.05) is 0 Å². The molecule has 0 bridgehead atoms. The van der Waals surface area contributed by atoms with Crippen LogP contribution < -0.4 is 5.32 Å². The zero-order valence-corrected chi connectivity index (χ0v) is 16.0. The van der Waals surface area contributed by atoms with Crippen LogP contribution >= 0.6 is 34.4 Å². The van der Waals surface area contributed by atoms with Crippen LogP contribution in [-0.4, -0.2) is 42.3 Å². The van der Waals surface area contributed by atoms with Gasteiger partial charge in [-0.25, -0.2) is 9.78 Å². The first-order chi connectivity index (χ1) is 12.0. The molecule has 0 aliphatic rings. The number of carbonyl (C=O) groups is 3. The van der Waals surface area contributed by atoms with Crippen molar-refractivity contribution in [3.8, 4) is 0 Å². The van der Waals surface area contributed by atoms with E-state index in [0.29, 0.717) is 27.2 Å². The van der Waals surface area contributed by atoms with E-state index in [4.69, 9.17) is 4.74 Å². The summed E-state index contributed by atoms with van der Waals surface area (Å²) in [6.07, 6.45) is 0.120. The number of ether oxygens (including phenoxy) is 2. The number of methoxy groups -OCH3 is 1. The largest absolute Gasteiger partial charge is 0.466 e. The maximum absolute atomic E-state index is 12.0. The zero-order valence-electron chi connectivity index (χ0n) is 13.6. The third-order valence-corrected chi connectivity index (χ3v) is 5.76. The minimum Gasteiger partial charge on any atom is -0.466 e. The predicted octanol–water partition coefficient (Wildman–Crippen LogP) is 2.83. The molecule has 0 unspecified atom stereocenters. The number of amides is 1. The molecule has 2 heterocycles. The van der Waals surface area contributed by atoms with Gasteiger partial charge in [0.25, 0.3) is 0 Å². The van der Waals surface area contributed by atoms with Gasteiger partial charge in [-0.1, -0.05) is 11.8 Å². The molecule has 0 aliphatic heterocycles. The molecule has 1 N–H and O–H groups in total. The summed E-state index contributed by atoms with van der Waals surface area (Å²) in [6.45, 7) is 2.08. The average molecular weight is 401 g/mol. The molecule has 0 atom stereocenters. The molecule has 2 aromatic rings. The van der Waals surface area contributed by atoms with Crippen LogP contribution in [0.4, 0.5) is 5.69 Å². The van der Waals surface area contributed by atoms with Crippen LogP contribution in [0.25, 0.3) is 0 Å². The molecule has 2 rings (SSSR count). The lowest BCUT2D eigenvalue weighted by atomic mass is 10.3. The molecule has 0 saturated heterocycles. The molecule has 1 amide bonds. The Morgan fingerprint density at radius 1 is 1.32 bits per heavy atom. The van der Waals surface area contributed by atoms with Gasteiger partial charge in [0.2, 0.25) is 5.91 Å². The van der Waals surface area contributed by atoms with Gasteiger partial charge < -0.3 is 14.8 Å². The third kappa shape index (κ3) is 5.83. The Morgan fingerprint density at radius 2 is 2.12 bits per heavy atom. The Morgan fingerprint density at radius 3 is 2.84 bits per heavy atom. The smallest absolute Gasteiger partial charge is 0.350 e. The van der Waals surface area contributed by atoms with Gasteiger partial charge in [-0.3, -0.25) is 9.59 Å². The van der Waals surface area contributed by atoms with Crippen molar-refractivity contribution in [3.05, 3.63) is 27.4 Å². The van der Waals surface area contributed by atoms with Gasteiger partial charge >= 0.3 is 11.9 Å². The summed E-state index contributed by atoms with van der Waals surface area (Å²) >= 11 is 3.83. The fourth-order valence-electron chi connectivity index (χ4n) is 1.77. The summed E-state index contributed by atoms with van der Waals surface area (Å²) < 4.78 is 10.2. The van der Waals surface area contributed by atoms with Gasteiger partial charge in [-0.15, -0.1) is 22.7 Å². The highest BCUT2D eigenvalue weighted by atomic mass is 32.2. The lowest BCUT2D eigenvalue weighted by Gasteiger charge is -2.04. The van der Waals surface area contributed by atoms with Crippen LogP contribution in [0.1, 0.15) is 22.3 Å². The fraction of sp³-hybridized carbons (Fsp3) is 0.333. The number of hydrogen-bond acceptors (Lipinski definition) is 9. The van der Waals surface area contributed by atoms with Crippen LogP contribution in [-0.2, 0) is 25.5 Å². The third-order valence-electron chi connectivity index (χ3n) is 2.80. The molecule has 0 fully saturated rings. The van der Waals surface area contributed by atoms with Crippen molar-refractivity contribution in [3.63, 3.8) is 0 Å². The normalized spacial score (nSPS) is 10.3. The molecule has 7 nitrogen and oxygen atoms in total. The van der Waals surface area contributed by atoms with Gasteiger partial charge in [-0.05, 0) is 18.4 Å². The van der Waals surface area contributed by atoms with Crippen molar-refractivity contribution in [1.82, 2.24) is 4.98 Å². The summed E-state index contributed by atoms with van der Waals surface area (Å²) in [5.74, 6) is -0.921.